The predicted molar refractivity (Wildman–Crippen MR) is 92.6 cm³/mol. The van der Waals surface area contributed by atoms with E-state index in [1.54, 1.807) is 22.5 Å². The van der Waals surface area contributed by atoms with Gasteiger partial charge in [0.2, 0.25) is 10.0 Å². The SMILES string of the molecule is CC(C)NC(N)=NCc1cccc(S(=O)(=O)N2CCCCC2)c1. The lowest BCUT2D eigenvalue weighted by atomic mass is 10.2. The Hall–Kier alpha value is -1.60. The van der Waals surface area contributed by atoms with Crippen LogP contribution in [0.25, 0.3) is 0 Å². The second-order valence-electron chi connectivity index (χ2n) is 6.11. The molecule has 0 atom stereocenters. The number of hydrogen-bond donors (Lipinski definition) is 2. The molecule has 7 heteroatoms. The van der Waals surface area contributed by atoms with E-state index in [9.17, 15) is 8.42 Å². The van der Waals surface area contributed by atoms with E-state index in [0.717, 1.165) is 24.8 Å². The summed E-state index contributed by atoms with van der Waals surface area (Å²) in [5.41, 5.74) is 6.61. The third-order valence-corrected chi connectivity index (χ3v) is 5.61. The van der Waals surface area contributed by atoms with Crippen LogP contribution in [0, 0.1) is 0 Å². The third kappa shape index (κ3) is 4.94. The smallest absolute Gasteiger partial charge is 0.243 e. The fourth-order valence-corrected chi connectivity index (χ4v) is 4.16. The summed E-state index contributed by atoms with van der Waals surface area (Å²) < 4.78 is 26.9. The van der Waals surface area contributed by atoms with Crippen molar-refractivity contribution in [3.63, 3.8) is 0 Å². The van der Waals surface area contributed by atoms with Crippen molar-refractivity contribution in [1.82, 2.24) is 9.62 Å². The van der Waals surface area contributed by atoms with Crippen LogP contribution in [0.15, 0.2) is 34.2 Å². The Balaban J connectivity index is 2.13. The summed E-state index contributed by atoms with van der Waals surface area (Å²) in [6.45, 7) is 5.53. The van der Waals surface area contributed by atoms with Gasteiger partial charge in [0.15, 0.2) is 5.96 Å². The number of nitrogens with one attached hydrogen (secondary N) is 1. The Labute approximate surface area is 138 Å². The predicted octanol–water partition coefficient (Wildman–Crippen LogP) is 1.67. The molecule has 1 aliphatic rings. The zero-order valence-corrected chi connectivity index (χ0v) is 14.6. The fourth-order valence-electron chi connectivity index (χ4n) is 2.58. The molecule has 0 unspecified atom stereocenters. The van der Waals surface area contributed by atoms with Crippen LogP contribution in [0.2, 0.25) is 0 Å². The average Bonchev–Trinajstić information content (AvgIpc) is 2.53. The Kier molecular flexibility index (Phi) is 6.01. The first-order chi connectivity index (χ1) is 10.9. The molecule has 128 valence electrons. The Bertz CT molecular complexity index is 650. The molecule has 6 nitrogen and oxygen atoms in total. The van der Waals surface area contributed by atoms with Gasteiger partial charge in [-0.2, -0.15) is 4.31 Å². The van der Waals surface area contributed by atoms with Gasteiger partial charge in [-0.15, -0.1) is 0 Å². The lowest BCUT2D eigenvalue weighted by Gasteiger charge is -2.26. The molecule has 0 aliphatic carbocycles. The van der Waals surface area contributed by atoms with E-state index in [-0.39, 0.29) is 6.04 Å². The second kappa shape index (κ2) is 7.79. The summed E-state index contributed by atoms with van der Waals surface area (Å²) >= 11 is 0. The van der Waals surface area contributed by atoms with Crippen molar-refractivity contribution >= 4 is 16.0 Å². The number of piperidine rings is 1. The molecule has 1 aromatic carbocycles. The Morgan fingerprint density at radius 3 is 2.65 bits per heavy atom. The largest absolute Gasteiger partial charge is 0.370 e. The first kappa shape index (κ1) is 17.7. The number of hydrogen-bond acceptors (Lipinski definition) is 3. The van der Waals surface area contributed by atoms with Gasteiger partial charge in [0.05, 0.1) is 11.4 Å². The topological polar surface area (TPSA) is 87.8 Å². The van der Waals surface area contributed by atoms with Gasteiger partial charge in [-0.25, -0.2) is 13.4 Å². The quantitative estimate of drug-likeness (QED) is 0.631. The molecule has 0 aromatic heterocycles. The molecule has 3 N–H and O–H groups in total. The molecule has 2 rings (SSSR count). The maximum absolute atomic E-state index is 12.7. The molecule has 0 bridgehead atoms. The van der Waals surface area contributed by atoms with Crippen molar-refractivity contribution in [3.8, 4) is 0 Å². The van der Waals surface area contributed by atoms with Gasteiger partial charge in [0.1, 0.15) is 0 Å². The minimum absolute atomic E-state index is 0.213. The van der Waals surface area contributed by atoms with Gasteiger partial charge in [-0.1, -0.05) is 18.6 Å². The summed E-state index contributed by atoms with van der Waals surface area (Å²) in [6, 6.07) is 7.17. The van der Waals surface area contributed by atoms with E-state index in [0.29, 0.717) is 30.5 Å². The van der Waals surface area contributed by atoms with E-state index in [2.05, 4.69) is 10.3 Å². The van der Waals surface area contributed by atoms with Crippen LogP contribution in [0.4, 0.5) is 0 Å². The van der Waals surface area contributed by atoms with Crippen molar-refractivity contribution in [2.75, 3.05) is 13.1 Å². The molecular formula is C16H26N4O2S. The van der Waals surface area contributed by atoms with Gasteiger partial charge < -0.3 is 11.1 Å². The van der Waals surface area contributed by atoms with Gasteiger partial charge in [-0.3, -0.25) is 0 Å². The molecule has 23 heavy (non-hydrogen) atoms. The first-order valence-electron chi connectivity index (χ1n) is 8.05. The standard InChI is InChI=1S/C16H26N4O2S/c1-13(2)19-16(17)18-12-14-7-6-8-15(11-14)23(21,22)20-9-4-3-5-10-20/h6-8,11,13H,3-5,9-10,12H2,1-2H3,(H3,17,18,19). The Morgan fingerprint density at radius 1 is 1.30 bits per heavy atom. The number of rotatable bonds is 5. The van der Waals surface area contributed by atoms with Crippen LogP contribution in [0.1, 0.15) is 38.7 Å². The van der Waals surface area contributed by atoms with Crippen molar-refractivity contribution in [3.05, 3.63) is 29.8 Å². The minimum Gasteiger partial charge on any atom is -0.370 e. The number of nitrogens with two attached hydrogens (primary N) is 1. The van der Waals surface area contributed by atoms with Crippen molar-refractivity contribution in [2.45, 2.75) is 50.6 Å². The minimum atomic E-state index is -3.40. The number of aliphatic imine (C=N–C) groups is 1. The highest BCUT2D eigenvalue weighted by Crippen LogP contribution is 2.21. The Morgan fingerprint density at radius 2 is 2.00 bits per heavy atom. The lowest BCUT2D eigenvalue weighted by molar-refractivity contribution is 0.346. The van der Waals surface area contributed by atoms with Crippen LogP contribution < -0.4 is 11.1 Å². The fraction of sp³-hybridized carbons (Fsp3) is 0.562. The highest BCUT2D eigenvalue weighted by molar-refractivity contribution is 7.89. The zero-order valence-electron chi connectivity index (χ0n) is 13.8. The number of nitrogens with zero attached hydrogens (tertiary/aromatic N) is 2. The third-order valence-electron chi connectivity index (χ3n) is 3.72. The molecule has 1 fully saturated rings. The van der Waals surface area contributed by atoms with Gasteiger partial charge in [-0.05, 0) is 44.4 Å². The van der Waals surface area contributed by atoms with Gasteiger partial charge in [0, 0.05) is 19.1 Å². The van der Waals surface area contributed by atoms with E-state index < -0.39 is 10.0 Å². The normalized spacial score (nSPS) is 17.4. The van der Waals surface area contributed by atoms with Gasteiger partial charge in [0.25, 0.3) is 0 Å². The van der Waals surface area contributed by atoms with Crippen LogP contribution in [-0.2, 0) is 16.6 Å². The molecule has 1 heterocycles. The number of benzene rings is 1. The van der Waals surface area contributed by atoms with Crippen LogP contribution >= 0.6 is 0 Å². The van der Waals surface area contributed by atoms with Crippen LogP contribution in [0.5, 0.6) is 0 Å². The van der Waals surface area contributed by atoms with Crippen molar-refractivity contribution < 1.29 is 8.42 Å². The summed E-state index contributed by atoms with van der Waals surface area (Å²) in [4.78, 5) is 4.58. The summed E-state index contributed by atoms with van der Waals surface area (Å²) in [5.74, 6) is 0.365. The number of guanidine groups is 1. The zero-order chi connectivity index (χ0) is 16.9. The molecule has 1 aliphatic heterocycles. The van der Waals surface area contributed by atoms with E-state index in [4.69, 9.17) is 5.73 Å². The molecule has 1 aromatic rings. The first-order valence-corrected chi connectivity index (χ1v) is 9.49. The molecule has 1 saturated heterocycles. The highest BCUT2D eigenvalue weighted by Gasteiger charge is 2.25. The van der Waals surface area contributed by atoms with E-state index >= 15 is 0 Å². The summed E-state index contributed by atoms with van der Waals surface area (Å²) in [7, 11) is -3.40. The molecule has 0 radical (unpaired) electrons. The molecule has 0 saturated carbocycles. The highest BCUT2D eigenvalue weighted by atomic mass is 32.2. The molecule has 0 spiro atoms. The van der Waals surface area contributed by atoms with Crippen LogP contribution in [-0.4, -0.2) is 37.8 Å². The molecule has 0 amide bonds. The maximum Gasteiger partial charge on any atom is 0.243 e. The molecular weight excluding hydrogens is 312 g/mol. The number of sulfonamides is 1. The van der Waals surface area contributed by atoms with Crippen molar-refractivity contribution in [1.29, 1.82) is 0 Å². The summed E-state index contributed by atoms with van der Waals surface area (Å²) in [6.07, 6.45) is 2.96. The van der Waals surface area contributed by atoms with E-state index in [1.807, 2.05) is 19.9 Å². The van der Waals surface area contributed by atoms with Gasteiger partial charge >= 0.3 is 0 Å². The van der Waals surface area contributed by atoms with E-state index in [1.165, 1.54) is 0 Å². The summed E-state index contributed by atoms with van der Waals surface area (Å²) in [5, 5.41) is 3.01. The monoisotopic (exact) mass is 338 g/mol. The lowest BCUT2D eigenvalue weighted by Crippen LogP contribution is -2.36. The van der Waals surface area contributed by atoms with Crippen molar-refractivity contribution in [2.24, 2.45) is 10.7 Å². The average molecular weight is 338 g/mol. The second-order valence-corrected chi connectivity index (χ2v) is 8.05. The maximum atomic E-state index is 12.7. The van der Waals surface area contributed by atoms with Crippen LogP contribution in [0.3, 0.4) is 0 Å².